The Bertz CT molecular complexity index is 1880. The van der Waals surface area contributed by atoms with E-state index >= 15 is 4.79 Å². The standard InChI is InChI=1S/C36H42N6O7S/c1-4-17-39-20-22-40(23-21-39)27-14-18-41(19-15-27)35(44)49-36(28-9-8-16-38-33(28)48-5-2)29-24-26(25-37)12-13-30(29)42(34(36)43)50(45,46)32-11-7-6-10-31(32)47-3/h6-13,16,24,27H,4-5,14-15,17-23H2,1-3H3. The molecule has 6 rings (SSSR count). The first-order valence-electron chi connectivity index (χ1n) is 17.0. The average molecular weight is 703 g/mol. The highest BCUT2D eigenvalue weighted by Crippen LogP contribution is 2.52. The topological polar surface area (TPSA) is 146 Å². The average Bonchev–Trinajstić information content (AvgIpc) is 3.39. The molecule has 1 aromatic heterocycles. The number of likely N-dealkylation sites (tertiary alicyclic amines) is 1. The van der Waals surface area contributed by atoms with Crippen LogP contribution in [0.25, 0.3) is 0 Å². The molecule has 3 aromatic rings. The second-order valence-corrected chi connectivity index (χ2v) is 14.3. The van der Waals surface area contributed by atoms with Gasteiger partial charge in [-0.05, 0) is 75.2 Å². The van der Waals surface area contributed by atoms with Crippen molar-refractivity contribution in [3.63, 3.8) is 0 Å². The Kier molecular flexibility index (Phi) is 10.3. The lowest BCUT2D eigenvalue weighted by Crippen LogP contribution is -2.54. The van der Waals surface area contributed by atoms with Crippen LogP contribution < -0.4 is 13.8 Å². The number of methoxy groups -OCH3 is 1. The zero-order chi connectivity index (χ0) is 35.5. The zero-order valence-corrected chi connectivity index (χ0v) is 29.4. The number of rotatable bonds is 10. The number of hydrogen-bond donors (Lipinski definition) is 0. The van der Waals surface area contributed by atoms with E-state index in [2.05, 4.69) is 27.8 Å². The highest BCUT2D eigenvalue weighted by molar-refractivity contribution is 7.93. The van der Waals surface area contributed by atoms with E-state index in [1.54, 1.807) is 24.0 Å². The fourth-order valence-corrected chi connectivity index (χ4v) is 8.82. The van der Waals surface area contributed by atoms with Gasteiger partial charge in [0, 0.05) is 57.1 Å². The molecule has 1 unspecified atom stereocenters. The molecule has 2 amide bonds. The van der Waals surface area contributed by atoms with Gasteiger partial charge < -0.3 is 24.0 Å². The van der Waals surface area contributed by atoms with E-state index in [9.17, 15) is 18.5 Å². The van der Waals surface area contributed by atoms with E-state index < -0.39 is 27.6 Å². The van der Waals surface area contributed by atoms with Gasteiger partial charge in [0.1, 0.15) is 10.6 Å². The van der Waals surface area contributed by atoms with Crippen LogP contribution in [0.15, 0.2) is 65.7 Å². The molecule has 0 saturated carbocycles. The molecule has 2 aromatic carbocycles. The van der Waals surface area contributed by atoms with Crippen molar-refractivity contribution in [3.05, 3.63) is 77.5 Å². The molecule has 13 nitrogen and oxygen atoms in total. The first-order valence-corrected chi connectivity index (χ1v) is 18.4. The number of benzene rings is 2. The Morgan fingerprint density at radius 2 is 1.74 bits per heavy atom. The lowest BCUT2D eigenvalue weighted by Gasteiger charge is -2.43. The molecule has 2 fully saturated rings. The third-order valence-corrected chi connectivity index (χ3v) is 11.4. The van der Waals surface area contributed by atoms with Crippen molar-refractivity contribution in [2.45, 2.75) is 49.6 Å². The summed E-state index contributed by atoms with van der Waals surface area (Å²) in [5, 5.41) is 9.90. The van der Waals surface area contributed by atoms with Gasteiger partial charge in [-0.25, -0.2) is 18.2 Å². The van der Waals surface area contributed by atoms with Crippen LogP contribution in [0.1, 0.15) is 49.8 Å². The number of piperidine rings is 1. The largest absolute Gasteiger partial charge is 0.495 e. The van der Waals surface area contributed by atoms with Crippen LogP contribution in [0.5, 0.6) is 11.6 Å². The van der Waals surface area contributed by atoms with E-state index in [0.717, 1.165) is 52.0 Å². The summed E-state index contributed by atoms with van der Waals surface area (Å²) in [7, 11) is -3.32. The molecule has 0 aliphatic carbocycles. The number of carbonyl (C=O) groups is 2. The summed E-state index contributed by atoms with van der Waals surface area (Å²) in [5.41, 5.74) is -2.26. The number of fused-ring (bicyclic) bond motifs is 1. The summed E-state index contributed by atoms with van der Waals surface area (Å²) < 4.78 is 47.1. The summed E-state index contributed by atoms with van der Waals surface area (Å²) in [6.45, 7) is 9.96. The molecule has 3 aliphatic rings. The van der Waals surface area contributed by atoms with Gasteiger partial charge in [-0.3, -0.25) is 9.69 Å². The Balaban J connectivity index is 1.39. The van der Waals surface area contributed by atoms with Crippen molar-refractivity contribution in [1.29, 1.82) is 5.26 Å². The van der Waals surface area contributed by atoms with Gasteiger partial charge in [-0.2, -0.15) is 9.57 Å². The monoisotopic (exact) mass is 702 g/mol. The van der Waals surface area contributed by atoms with Gasteiger partial charge in [0.2, 0.25) is 5.88 Å². The van der Waals surface area contributed by atoms with Crippen LogP contribution in [0.2, 0.25) is 0 Å². The second-order valence-electron chi connectivity index (χ2n) is 12.5. The molecular weight excluding hydrogens is 660 g/mol. The first kappa shape index (κ1) is 35.1. The van der Waals surface area contributed by atoms with Crippen LogP contribution in [-0.2, 0) is 25.2 Å². The number of hydrogen-bond acceptors (Lipinski definition) is 11. The van der Waals surface area contributed by atoms with Gasteiger partial charge in [0.25, 0.3) is 21.5 Å². The highest BCUT2D eigenvalue weighted by Gasteiger charge is 2.61. The summed E-state index contributed by atoms with van der Waals surface area (Å²) in [6.07, 6.45) is 3.25. The Morgan fingerprint density at radius 1 is 1.00 bits per heavy atom. The molecule has 264 valence electrons. The number of pyridine rings is 1. The minimum absolute atomic E-state index is 0.00200. The van der Waals surface area contributed by atoms with E-state index in [1.807, 2.05) is 0 Å². The van der Waals surface area contributed by atoms with Gasteiger partial charge in [0.15, 0.2) is 0 Å². The number of anilines is 1. The predicted molar refractivity (Wildman–Crippen MR) is 184 cm³/mol. The SMILES string of the molecule is CCCN1CCN(C2CCN(C(=O)OC3(c4cccnc4OCC)C(=O)N(S(=O)(=O)c4ccccc4OC)c4ccc(C#N)cc43)CC2)CC1. The molecule has 0 spiro atoms. The summed E-state index contributed by atoms with van der Waals surface area (Å²) in [4.78, 5) is 39.9. The minimum Gasteiger partial charge on any atom is -0.495 e. The fraction of sp³-hybridized carbons (Fsp3) is 0.444. The van der Waals surface area contributed by atoms with Crippen molar-refractivity contribution < 1.29 is 32.2 Å². The Labute approximate surface area is 293 Å². The summed E-state index contributed by atoms with van der Waals surface area (Å²) >= 11 is 0. The maximum absolute atomic E-state index is 15.0. The second kappa shape index (κ2) is 14.6. The third kappa shape index (κ3) is 6.25. The molecule has 0 bridgehead atoms. The van der Waals surface area contributed by atoms with E-state index in [0.29, 0.717) is 23.4 Å². The number of nitriles is 1. The number of piperazine rings is 1. The van der Waals surface area contributed by atoms with Gasteiger partial charge in [0.05, 0.1) is 36.6 Å². The molecular formula is C36H42N6O7S. The van der Waals surface area contributed by atoms with Gasteiger partial charge in [-0.1, -0.05) is 19.1 Å². The van der Waals surface area contributed by atoms with Crippen molar-refractivity contribution in [2.24, 2.45) is 0 Å². The number of sulfonamides is 1. The molecule has 4 heterocycles. The van der Waals surface area contributed by atoms with Gasteiger partial charge >= 0.3 is 6.09 Å². The van der Waals surface area contributed by atoms with Crippen LogP contribution in [-0.4, -0.2) is 106 Å². The normalized spacial score (nSPS) is 20.3. The number of ether oxygens (including phenoxy) is 3. The summed E-state index contributed by atoms with van der Waals surface area (Å²) in [5.74, 6) is -1.06. The van der Waals surface area contributed by atoms with Crippen LogP contribution in [0.4, 0.5) is 10.5 Å². The van der Waals surface area contributed by atoms with Crippen molar-refractivity contribution in [3.8, 4) is 17.7 Å². The Hall–Kier alpha value is -4.71. The summed E-state index contributed by atoms with van der Waals surface area (Å²) in [6, 6.07) is 15.6. The van der Waals surface area contributed by atoms with E-state index in [4.69, 9.17) is 14.2 Å². The quantitative estimate of drug-likeness (QED) is 0.303. The maximum Gasteiger partial charge on any atom is 0.411 e. The lowest BCUT2D eigenvalue weighted by molar-refractivity contribution is -0.132. The molecule has 3 aliphatic heterocycles. The van der Waals surface area contributed by atoms with E-state index in [1.165, 1.54) is 55.8 Å². The van der Waals surface area contributed by atoms with Crippen molar-refractivity contribution >= 4 is 27.7 Å². The smallest absolute Gasteiger partial charge is 0.411 e. The predicted octanol–water partition coefficient (Wildman–Crippen LogP) is 3.97. The molecule has 14 heteroatoms. The highest BCUT2D eigenvalue weighted by atomic mass is 32.2. The first-order chi connectivity index (χ1) is 24.2. The van der Waals surface area contributed by atoms with Crippen LogP contribution in [0.3, 0.4) is 0 Å². The van der Waals surface area contributed by atoms with Gasteiger partial charge in [-0.15, -0.1) is 0 Å². The fourth-order valence-electron chi connectivity index (χ4n) is 7.20. The minimum atomic E-state index is -4.66. The molecule has 0 radical (unpaired) electrons. The maximum atomic E-state index is 15.0. The number of para-hydroxylation sites is 1. The van der Waals surface area contributed by atoms with Crippen LogP contribution in [0, 0.1) is 11.3 Å². The van der Waals surface area contributed by atoms with Crippen molar-refractivity contribution in [2.75, 3.05) is 63.8 Å². The molecule has 50 heavy (non-hydrogen) atoms. The lowest BCUT2D eigenvalue weighted by atomic mass is 9.87. The number of amides is 2. The number of nitrogens with zero attached hydrogens (tertiary/aromatic N) is 6. The van der Waals surface area contributed by atoms with Crippen LogP contribution >= 0.6 is 0 Å². The molecule has 1 atom stereocenters. The van der Waals surface area contributed by atoms with Crippen molar-refractivity contribution in [1.82, 2.24) is 19.7 Å². The Morgan fingerprint density at radius 3 is 2.42 bits per heavy atom. The zero-order valence-electron chi connectivity index (χ0n) is 28.6. The van der Waals surface area contributed by atoms with E-state index in [-0.39, 0.29) is 45.5 Å². The molecule has 2 saturated heterocycles. The molecule has 0 N–H and O–H groups in total. The third-order valence-electron chi connectivity index (χ3n) is 9.65. The number of aromatic nitrogens is 1. The number of carbonyl (C=O) groups excluding carboxylic acids is 2.